The average Bonchev–Trinajstić information content (AvgIpc) is 2.68. The fourth-order valence-electron chi connectivity index (χ4n) is 2.89. The van der Waals surface area contributed by atoms with Crippen LogP contribution in [0.5, 0.6) is 0 Å². The third-order valence-electron chi connectivity index (χ3n) is 3.93. The Bertz CT molecular complexity index is 737. The Labute approximate surface area is 147 Å². The molecule has 0 aliphatic rings. The number of rotatable bonds is 5. The molecule has 0 unspecified atom stereocenters. The van der Waals surface area contributed by atoms with E-state index in [0.29, 0.717) is 0 Å². The highest BCUT2D eigenvalue weighted by atomic mass is 32.2. The topological polar surface area (TPSA) is 23.8 Å². The minimum atomic E-state index is -0.392. The van der Waals surface area contributed by atoms with Gasteiger partial charge in [0.2, 0.25) is 0 Å². The van der Waals surface area contributed by atoms with E-state index in [0.717, 1.165) is 0 Å². The summed E-state index contributed by atoms with van der Waals surface area (Å²) in [5.74, 6) is 0. The molecule has 0 spiro atoms. The molecule has 3 rings (SSSR count). The number of hydrogen-bond donors (Lipinski definition) is 0. The summed E-state index contributed by atoms with van der Waals surface area (Å²) in [5.41, 5.74) is 3.57. The molecular formula is C22H17NS. The summed E-state index contributed by atoms with van der Waals surface area (Å²) in [4.78, 5) is 0. The van der Waals surface area contributed by atoms with Crippen molar-refractivity contribution in [3.05, 3.63) is 119 Å². The number of benzene rings is 3. The van der Waals surface area contributed by atoms with E-state index < -0.39 is 4.75 Å². The quantitative estimate of drug-likeness (QED) is 0.440. The van der Waals surface area contributed by atoms with Crippen LogP contribution >= 0.6 is 11.8 Å². The van der Waals surface area contributed by atoms with Gasteiger partial charge in [0.15, 0.2) is 0 Å². The highest BCUT2D eigenvalue weighted by molar-refractivity contribution is 8.03. The first kappa shape index (κ1) is 16.1. The van der Waals surface area contributed by atoms with Crippen molar-refractivity contribution in [1.29, 1.82) is 5.26 Å². The average molecular weight is 327 g/mol. The molecular weight excluding hydrogens is 310 g/mol. The molecule has 0 aliphatic carbocycles. The largest absolute Gasteiger partial charge is 0.193 e. The van der Waals surface area contributed by atoms with E-state index in [1.54, 1.807) is 11.8 Å². The normalized spacial score (nSPS) is 11.3. The number of nitrogens with zero attached hydrogens (tertiary/aromatic N) is 1. The molecule has 0 heterocycles. The molecule has 0 radical (unpaired) electrons. The zero-order valence-electron chi connectivity index (χ0n) is 13.2. The van der Waals surface area contributed by atoms with Gasteiger partial charge in [-0.15, -0.1) is 11.8 Å². The molecule has 116 valence electrons. The van der Waals surface area contributed by atoms with E-state index in [-0.39, 0.29) is 0 Å². The van der Waals surface area contributed by atoms with Crippen LogP contribution in [0.25, 0.3) is 0 Å². The lowest BCUT2D eigenvalue weighted by molar-refractivity contribution is 0.900. The monoisotopic (exact) mass is 327 g/mol. The van der Waals surface area contributed by atoms with E-state index in [2.05, 4.69) is 78.9 Å². The zero-order valence-corrected chi connectivity index (χ0v) is 14.0. The Morgan fingerprint density at radius 3 is 1.38 bits per heavy atom. The summed E-state index contributed by atoms with van der Waals surface area (Å²) in [6.45, 7) is 0. The summed E-state index contributed by atoms with van der Waals surface area (Å²) < 4.78 is -0.392. The molecule has 0 N–H and O–H groups in total. The van der Waals surface area contributed by atoms with E-state index >= 15 is 0 Å². The van der Waals surface area contributed by atoms with Crippen molar-refractivity contribution in [2.24, 2.45) is 0 Å². The molecule has 0 amide bonds. The van der Waals surface area contributed by atoms with Gasteiger partial charge in [0, 0.05) is 6.08 Å². The van der Waals surface area contributed by atoms with Crippen molar-refractivity contribution in [3.8, 4) is 6.07 Å². The Hall–Kier alpha value is -2.76. The van der Waals surface area contributed by atoms with Gasteiger partial charge in [0.1, 0.15) is 0 Å². The van der Waals surface area contributed by atoms with Gasteiger partial charge in [-0.25, -0.2) is 0 Å². The number of allylic oxidation sites excluding steroid dienone is 1. The first-order valence-electron chi connectivity index (χ1n) is 7.77. The maximum atomic E-state index is 8.92. The summed E-state index contributed by atoms with van der Waals surface area (Å²) in [6.07, 6.45) is 1.54. The van der Waals surface area contributed by atoms with E-state index in [1.165, 1.54) is 22.8 Å². The van der Waals surface area contributed by atoms with E-state index in [9.17, 15) is 0 Å². The molecule has 24 heavy (non-hydrogen) atoms. The second-order valence-corrected chi connectivity index (χ2v) is 6.45. The second kappa shape index (κ2) is 7.68. The number of thioether (sulfide) groups is 1. The molecule has 0 aromatic heterocycles. The minimum Gasteiger partial charge on any atom is -0.193 e. The molecule has 3 aromatic rings. The van der Waals surface area contributed by atoms with Crippen molar-refractivity contribution in [2.45, 2.75) is 4.75 Å². The van der Waals surface area contributed by atoms with Crippen molar-refractivity contribution in [1.82, 2.24) is 0 Å². The van der Waals surface area contributed by atoms with Gasteiger partial charge in [0.05, 0.1) is 10.8 Å². The van der Waals surface area contributed by atoms with Crippen molar-refractivity contribution < 1.29 is 0 Å². The zero-order chi connectivity index (χ0) is 16.7. The molecule has 0 aliphatic heterocycles. The van der Waals surface area contributed by atoms with Gasteiger partial charge in [-0.3, -0.25) is 0 Å². The molecule has 1 nitrogen and oxygen atoms in total. The lowest BCUT2D eigenvalue weighted by Crippen LogP contribution is -2.24. The standard InChI is InChI=1S/C22H17NS/c23-17-10-18-24-22(19-11-4-1-5-12-19,20-13-6-2-7-14-20)21-15-8-3-9-16-21/h1-16,18H. The molecule has 2 heteroatoms. The molecule has 0 atom stereocenters. The van der Waals surface area contributed by atoms with E-state index in [1.807, 2.05) is 23.6 Å². The second-order valence-electron chi connectivity index (χ2n) is 5.33. The molecule has 0 saturated heterocycles. The van der Waals surface area contributed by atoms with Crippen LogP contribution in [0.1, 0.15) is 16.7 Å². The first-order valence-corrected chi connectivity index (χ1v) is 8.65. The lowest BCUT2D eigenvalue weighted by atomic mass is 9.84. The Balaban J connectivity index is 2.28. The molecule has 0 saturated carbocycles. The van der Waals surface area contributed by atoms with Gasteiger partial charge in [-0.1, -0.05) is 91.0 Å². The summed E-state index contributed by atoms with van der Waals surface area (Å²) >= 11 is 1.65. The smallest absolute Gasteiger partial charge is 0.0948 e. The fourth-order valence-corrected chi connectivity index (χ4v) is 4.04. The molecule has 3 aromatic carbocycles. The van der Waals surface area contributed by atoms with Crippen LogP contribution in [0.4, 0.5) is 0 Å². The minimum absolute atomic E-state index is 0.392. The predicted octanol–water partition coefficient (Wildman–Crippen LogP) is 5.75. The predicted molar refractivity (Wildman–Crippen MR) is 102 cm³/mol. The number of hydrogen-bond acceptors (Lipinski definition) is 2. The van der Waals surface area contributed by atoms with Gasteiger partial charge in [-0.05, 0) is 22.1 Å². The summed E-state index contributed by atoms with van der Waals surface area (Å²) in [7, 11) is 0. The van der Waals surface area contributed by atoms with Crippen LogP contribution in [0.2, 0.25) is 0 Å². The van der Waals surface area contributed by atoms with Gasteiger partial charge in [-0.2, -0.15) is 5.26 Å². The van der Waals surface area contributed by atoms with Crippen LogP contribution in [-0.2, 0) is 4.75 Å². The van der Waals surface area contributed by atoms with Crippen LogP contribution in [-0.4, -0.2) is 0 Å². The van der Waals surface area contributed by atoms with Gasteiger partial charge >= 0.3 is 0 Å². The fraction of sp³-hybridized carbons (Fsp3) is 0.0455. The van der Waals surface area contributed by atoms with Crippen molar-refractivity contribution in [2.75, 3.05) is 0 Å². The van der Waals surface area contributed by atoms with Crippen LogP contribution < -0.4 is 0 Å². The third kappa shape index (κ3) is 3.13. The third-order valence-corrected chi connectivity index (χ3v) is 5.26. The maximum Gasteiger partial charge on any atom is 0.0948 e. The highest BCUT2D eigenvalue weighted by Crippen LogP contribution is 2.48. The van der Waals surface area contributed by atoms with E-state index in [4.69, 9.17) is 5.26 Å². The Morgan fingerprint density at radius 1 is 0.667 bits per heavy atom. The summed E-state index contributed by atoms with van der Waals surface area (Å²) in [5, 5.41) is 10.8. The SMILES string of the molecule is N#CC=CSC(c1ccccc1)(c1ccccc1)c1ccccc1. The van der Waals surface area contributed by atoms with Crippen LogP contribution in [0.15, 0.2) is 102 Å². The molecule has 0 bridgehead atoms. The van der Waals surface area contributed by atoms with Crippen molar-refractivity contribution in [3.63, 3.8) is 0 Å². The Kier molecular flexibility index (Phi) is 5.15. The number of nitriles is 1. The van der Waals surface area contributed by atoms with Crippen LogP contribution in [0, 0.1) is 11.3 Å². The van der Waals surface area contributed by atoms with Crippen LogP contribution in [0.3, 0.4) is 0 Å². The molecule has 0 fully saturated rings. The lowest BCUT2D eigenvalue weighted by Gasteiger charge is -2.34. The van der Waals surface area contributed by atoms with Gasteiger partial charge < -0.3 is 0 Å². The van der Waals surface area contributed by atoms with Crippen molar-refractivity contribution >= 4 is 11.8 Å². The highest BCUT2D eigenvalue weighted by Gasteiger charge is 2.36. The summed E-state index contributed by atoms with van der Waals surface area (Å²) in [6, 6.07) is 33.4. The van der Waals surface area contributed by atoms with Gasteiger partial charge in [0.25, 0.3) is 0 Å². The Morgan fingerprint density at radius 2 is 1.04 bits per heavy atom. The first-order chi connectivity index (χ1) is 11.9. The maximum absolute atomic E-state index is 8.92.